The number of carbonyl (C=O) groups excluding carboxylic acids is 1. The Morgan fingerprint density at radius 3 is 2.44 bits per heavy atom. The smallest absolute Gasteiger partial charge is 0.237 e. The SMILES string of the molecule is Cc1ccc(CNC(=O)[C@@H](N)C(C)(C)C)c(C)c1. The summed E-state index contributed by atoms with van der Waals surface area (Å²) in [5, 5.41) is 2.90. The maximum atomic E-state index is 11.9. The molecular formula is C15H24N2O. The van der Waals surface area contributed by atoms with Gasteiger partial charge in [-0.15, -0.1) is 0 Å². The summed E-state index contributed by atoms with van der Waals surface area (Å²) >= 11 is 0. The van der Waals surface area contributed by atoms with Crippen molar-refractivity contribution in [3.8, 4) is 0 Å². The molecule has 0 heterocycles. The fraction of sp³-hybridized carbons (Fsp3) is 0.533. The van der Waals surface area contributed by atoms with Crippen molar-refractivity contribution in [2.24, 2.45) is 11.1 Å². The van der Waals surface area contributed by atoms with Crippen molar-refractivity contribution in [2.45, 2.75) is 47.2 Å². The van der Waals surface area contributed by atoms with Crippen LogP contribution in [0.25, 0.3) is 0 Å². The average molecular weight is 248 g/mol. The van der Waals surface area contributed by atoms with Crippen LogP contribution in [-0.4, -0.2) is 11.9 Å². The fourth-order valence-electron chi connectivity index (χ4n) is 1.73. The minimum atomic E-state index is -0.483. The van der Waals surface area contributed by atoms with Gasteiger partial charge in [0.1, 0.15) is 0 Å². The first-order chi connectivity index (χ1) is 8.21. The maximum absolute atomic E-state index is 11.9. The summed E-state index contributed by atoms with van der Waals surface area (Å²) < 4.78 is 0. The van der Waals surface area contributed by atoms with Crippen molar-refractivity contribution in [3.63, 3.8) is 0 Å². The summed E-state index contributed by atoms with van der Waals surface area (Å²) in [6, 6.07) is 5.74. The molecule has 0 fully saturated rings. The highest BCUT2D eigenvalue weighted by Gasteiger charge is 2.27. The van der Waals surface area contributed by atoms with E-state index in [0.29, 0.717) is 6.54 Å². The van der Waals surface area contributed by atoms with Crippen LogP contribution in [0.4, 0.5) is 0 Å². The Balaban J connectivity index is 2.63. The summed E-state index contributed by atoms with van der Waals surface area (Å²) in [4.78, 5) is 11.9. The number of rotatable bonds is 3. The Kier molecular flexibility index (Phi) is 4.52. The van der Waals surface area contributed by atoms with Crippen LogP contribution in [0.15, 0.2) is 18.2 Å². The predicted molar refractivity (Wildman–Crippen MR) is 75.2 cm³/mol. The molecule has 0 aliphatic rings. The van der Waals surface area contributed by atoms with Crippen molar-refractivity contribution < 1.29 is 4.79 Å². The number of hydrogen-bond donors (Lipinski definition) is 2. The highest BCUT2D eigenvalue weighted by atomic mass is 16.2. The molecule has 0 spiro atoms. The largest absolute Gasteiger partial charge is 0.351 e. The van der Waals surface area contributed by atoms with E-state index < -0.39 is 6.04 Å². The normalized spacial score (nSPS) is 13.2. The van der Waals surface area contributed by atoms with Gasteiger partial charge in [-0.25, -0.2) is 0 Å². The van der Waals surface area contributed by atoms with Gasteiger partial charge >= 0.3 is 0 Å². The number of nitrogens with two attached hydrogens (primary N) is 1. The molecule has 0 bridgehead atoms. The lowest BCUT2D eigenvalue weighted by atomic mass is 9.87. The lowest BCUT2D eigenvalue weighted by Crippen LogP contribution is -2.48. The number of amides is 1. The third-order valence-corrected chi connectivity index (χ3v) is 3.17. The summed E-state index contributed by atoms with van der Waals surface area (Å²) in [5.74, 6) is -0.0949. The van der Waals surface area contributed by atoms with Gasteiger partial charge in [0.15, 0.2) is 0 Å². The zero-order chi connectivity index (χ0) is 13.9. The van der Waals surface area contributed by atoms with Gasteiger partial charge in [-0.2, -0.15) is 0 Å². The molecule has 0 aromatic heterocycles. The van der Waals surface area contributed by atoms with Crippen LogP contribution >= 0.6 is 0 Å². The molecule has 0 aliphatic heterocycles. The number of carbonyl (C=O) groups is 1. The Labute approximate surface area is 110 Å². The monoisotopic (exact) mass is 248 g/mol. The lowest BCUT2D eigenvalue weighted by Gasteiger charge is -2.26. The van der Waals surface area contributed by atoms with E-state index in [1.165, 1.54) is 11.1 Å². The number of nitrogens with one attached hydrogen (secondary N) is 1. The number of hydrogen-bond acceptors (Lipinski definition) is 2. The van der Waals surface area contributed by atoms with Crippen molar-refractivity contribution in [1.29, 1.82) is 0 Å². The highest BCUT2D eigenvalue weighted by Crippen LogP contribution is 2.17. The minimum Gasteiger partial charge on any atom is -0.351 e. The lowest BCUT2D eigenvalue weighted by molar-refractivity contribution is -0.124. The van der Waals surface area contributed by atoms with Crippen molar-refractivity contribution in [1.82, 2.24) is 5.32 Å². The Morgan fingerprint density at radius 1 is 1.33 bits per heavy atom. The molecule has 0 saturated carbocycles. The van der Waals surface area contributed by atoms with Crippen LogP contribution in [0, 0.1) is 19.3 Å². The molecule has 1 aromatic carbocycles. The Hall–Kier alpha value is -1.35. The summed E-state index contributed by atoms with van der Waals surface area (Å²) in [6.07, 6.45) is 0. The quantitative estimate of drug-likeness (QED) is 0.862. The van der Waals surface area contributed by atoms with Gasteiger partial charge in [-0.05, 0) is 30.4 Å². The van der Waals surface area contributed by atoms with Crippen LogP contribution in [0.1, 0.15) is 37.5 Å². The second-order valence-corrected chi connectivity index (χ2v) is 5.99. The molecule has 1 rings (SSSR count). The van der Waals surface area contributed by atoms with Crippen LogP contribution < -0.4 is 11.1 Å². The summed E-state index contributed by atoms with van der Waals surface area (Å²) in [5.41, 5.74) is 9.25. The zero-order valence-electron chi connectivity index (χ0n) is 12.0. The first-order valence-electron chi connectivity index (χ1n) is 6.31. The minimum absolute atomic E-state index is 0.0949. The number of aryl methyl sites for hydroxylation is 2. The molecule has 0 aliphatic carbocycles. The summed E-state index contributed by atoms with van der Waals surface area (Å²) in [6.45, 7) is 10.6. The molecular weight excluding hydrogens is 224 g/mol. The second kappa shape index (κ2) is 5.53. The standard InChI is InChI=1S/C15H24N2O/c1-10-6-7-12(11(2)8-10)9-17-14(18)13(16)15(3,4)5/h6-8,13H,9,16H2,1-5H3,(H,17,18)/t13-/m1/s1. The van der Waals surface area contributed by atoms with E-state index >= 15 is 0 Å². The molecule has 0 unspecified atom stereocenters. The molecule has 1 aromatic rings. The molecule has 100 valence electrons. The van der Waals surface area contributed by atoms with Crippen LogP contribution in [0.5, 0.6) is 0 Å². The second-order valence-electron chi connectivity index (χ2n) is 5.99. The van der Waals surface area contributed by atoms with E-state index in [-0.39, 0.29) is 11.3 Å². The van der Waals surface area contributed by atoms with Gasteiger partial charge < -0.3 is 11.1 Å². The Bertz CT molecular complexity index is 433. The molecule has 0 saturated heterocycles. The van der Waals surface area contributed by atoms with Gasteiger partial charge in [-0.3, -0.25) is 4.79 Å². The van der Waals surface area contributed by atoms with Gasteiger partial charge in [0.2, 0.25) is 5.91 Å². The molecule has 18 heavy (non-hydrogen) atoms. The van der Waals surface area contributed by atoms with E-state index in [1.54, 1.807) is 0 Å². The maximum Gasteiger partial charge on any atom is 0.237 e. The predicted octanol–water partition coefficient (Wildman–Crippen LogP) is 2.29. The first-order valence-corrected chi connectivity index (χ1v) is 6.31. The number of benzene rings is 1. The van der Waals surface area contributed by atoms with E-state index in [4.69, 9.17) is 5.73 Å². The van der Waals surface area contributed by atoms with Gasteiger partial charge in [0, 0.05) is 6.54 Å². The highest BCUT2D eigenvalue weighted by molar-refractivity contribution is 5.82. The first kappa shape index (κ1) is 14.7. The van der Waals surface area contributed by atoms with E-state index in [2.05, 4.69) is 31.3 Å². The molecule has 1 amide bonds. The molecule has 3 nitrogen and oxygen atoms in total. The zero-order valence-corrected chi connectivity index (χ0v) is 12.0. The Morgan fingerprint density at radius 2 is 1.94 bits per heavy atom. The van der Waals surface area contributed by atoms with Crippen molar-refractivity contribution in [2.75, 3.05) is 0 Å². The van der Waals surface area contributed by atoms with Gasteiger partial charge in [0.25, 0.3) is 0 Å². The van der Waals surface area contributed by atoms with Gasteiger partial charge in [0.05, 0.1) is 6.04 Å². The van der Waals surface area contributed by atoms with Crippen molar-refractivity contribution >= 4 is 5.91 Å². The van der Waals surface area contributed by atoms with E-state index in [0.717, 1.165) is 5.56 Å². The van der Waals surface area contributed by atoms with Crippen LogP contribution in [-0.2, 0) is 11.3 Å². The average Bonchev–Trinajstić information content (AvgIpc) is 2.25. The topological polar surface area (TPSA) is 55.1 Å². The third-order valence-electron chi connectivity index (χ3n) is 3.17. The summed E-state index contributed by atoms with van der Waals surface area (Å²) in [7, 11) is 0. The fourth-order valence-corrected chi connectivity index (χ4v) is 1.73. The molecule has 3 N–H and O–H groups in total. The molecule has 0 radical (unpaired) electrons. The van der Waals surface area contributed by atoms with E-state index in [9.17, 15) is 4.79 Å². The molecule has 3 heteroatoms. The van der Waals surface area contributed by atoms with E-state index in [1.807, 2.05) is 26.8 Å². The van der Waals surface area contributed by atoms with Crippen molar-refractivity contribution in [3.05, 3.63) is 34.9 Å². The third kappa shape index (κ3) is 3.84. The molecule has 1 atom stereocenters. The van der Waals surface area contributed by atoms with Crippen LogP contribution in [0.3, 0.4) is 0 Å². The van der Waals surface area contributed by atoms with Gasteiger partial charge in [-0.1, -0.05) is 44.5 Å². The van der Waals surface area contributed by atoms with Crippen LogP contribution in [0.2, 0.25) is 0 Å².